The summed E-state index contributed by atoms with van der Waals surface area (Å²) in [5.41, 5.74) is 3.46. The maximum Gasteiger partial charge on any atom is 0.258 e. The summed E-state index contributed by atoms with van der Waals surface area (Å²) in [5.74, 6) is 0.0174. The number of hydrogen-bond donors (Lipinski definition) is 0. The van der Waals surface area contributed by atoms with Crippen LogP contribution >= 0.6 is 22.7 Å². The Hall–Kier alpha value is -2.70. The van der Waals surface area contributed by atoms with E-state index in [0.717, 1.165) is 12.0 Å². The molecule has 4 nitrogen and oxygen atoms in total. The van der Waals surface area contributed by atoms with Crippen molar-refractivity contribution in [1.82, 2.24) is 9.80 Å². The van der Waals surface area contributed by atoms with Crippen LogP contribution in [0.1, 0.15) is 43.7 Å². The molecule has 2 aliphatic rings. The zero-order valence-corrected chi connectivity index (χ0v) is 17.5. The van der Waals surface area contributed by atoms with Gasteiger partial charge >= 0.3 is 0 Å². The SMILES string of the molecule is C=C1c2ccccc2C(=O)N1CCC(=O)N1CCc2sccc2C1c1cccs1. The van der Waals surface area contributed by atoms with E-state index >= 15 is 0 Å². The number of nitrogens with zero attached hydrogens (tertiary/aromatic N) is 2. The van der Waals surface area contributed by atoms with Gasteiger partial charge in [0.25, 0.3) is 5.91 Å². The molecule has 146 valence electrons. The van der Waals surface area contributed by atoms with Crippen LogP contribution in [0.15, 0.2) is 59.8 Å². The summed E-state index contributed by atoms with van der Waals surface area (Å²) in [4.78, 5) is 32.1. The molecule has 4 heterocycles. The minimum atomic E-state index is -0.0630. The van der Waals surface area contributed by atoms with Crippen LogP contribution in [0, 0.1) is 0 Å². The highest BCUT2D eigenvalue weighted by molar-refractivity contribution is 7.10. The normalized spacial score (nSPS) is 18.1. The summed E-state index contributed by atoms with van der Waals surface area (Å²) < 4.78 is 0. The third kappa shape index (κ3) is 3.03. The maximum absolute atomic E-state index is 13.2. The number of thiophene rings is 2. The fraction of sp³-hybridized carbons (Fsp3) is 0.217. The fourth-order valence-electron chi connectivity index (χ4n) is 4.26. The molecule has 0 radical (unpaired) electrons. The molecule has 0 spiro atoms. The van der Waals surface area contributed by atoms with Gasteiger partial charge in [-0.25, -0.2) is 0 Å². The largest absolute Gasteiger partial charge is 0.330 e. The van der Waals surface area contributed by atoms with Crippen molar-refractivity contribution in [2.24, 2.45) is 0 Å². The molecule has 0 aliphatic carbocycles. The first-order valence-electron chi connectivity index (χ1n) is 9.64. The molecule has 0 N–H and O–H groups in total. The van der Waals surface area contributed by atoms with E-state index in [1.165, 1.54) is 15.3 Å². The van der Waals surface area contributed by atoms with Crippen LogP contribution in [0.2, 0.25) is 0 Å². The lowest BCUT2D eigenvalue weighted by atomic mass is 9.98. The lowest BCUT2D eigenvalue weighted by molar-refractivity contribution is -0.133. The molecule has 0 bridgehead atoms. The molecule has 2 amide bonds. The van der Waals surface area contributed by atoms with Crippen LogP contribution in [-0.2, 0) is 11.2 Å². The summed E-state index contributed by atoms with van der Waals surface area (Å²) in [5, 5.41) is 4.17. The predicted molar refractivity (Wildman–Crippen MR) is 117 cm³/mol. The van der Waals surface area contributed by atoms with Crippen LogP contribution < -0.4 is 0 Å². The summed E-state index contributed by atoms with van der Waals surface area (Å²) >= 11 is 3.46. The zero-order valence-electron chi connectivity index (χ0n) is 15.8. The monoisotopic (exact) mass is 420 g/mol. The van der Waals surface area contributed by atoms with Crippen molar-refractivity contribution < 1.29 is 9.59 Å². The van der Waals surface area contributed by atoms with Gasteiger partial charge in [0.15, 0.2) is 0 Å². The average molecular weight is 421 g/mol. The first-order valence-corrected chi connectivity index (χ1v) is 11.4. The molecule has 29 heavy (non-hydrogen) atoms. The molecule has 6 heteroatoms. The number of carbonyl (C=O) groups excluding carboxylic acids is 2. The highest BCUT2D eigenvalue weighted by Crippen LogP contribution is 2.40. The van der Waals surface area contributed by atoms with E-state index < -0.39 is 0 Å². The molecular formula is C23H20N2O2S2. The Bertz CT molecular complexity index is 1060. The number of fused-ring (bicyclic) bond motifs is 2. The van der Waals surface area contributed by atoms with Gasteiger partial charge in [-0.3, -0.25) is 9.59 Å². The third-order valence-electron chi connectivity index (χ3n) is 5.69. The van der Waals surface area contributed by atoms with Gasteiger partial charge in [-0.2, -0.15) is 0 Å². The number of hydrogen-bond acceptors (Lipinski definition) is 4. The highest BCUT2D eigenvalue weighted by Gasteiger charge is 2.35. The van der Waals surface area contributed by atoms with E-state index in [1.54, 1.807) is 27.6 Å². The standard InChI is InChI=1S/C23H20N2O2S2/c1-15-16-5-2-3-6-17(16)23(27)24(15)12-9-21(26)25-11-8-19-18(10-14-29-19)22(25)20-7-4-13-28-20/h2-7,10,13-14,22H,1,8-9,11-12H2. The minimum Gasteiger partial charge on any atom is -0.330 e. The van der Waals surface area contributed by atoms with Crippen molar-refractivity contribution in [3.8, 4) is 0 Å². The summed E-state index contributed by atoms with van der Waals surface area (Å²) in [6, 6.07) is 13.8. The molecule has 0 saturated carbocycles. The van der Waals surface area contributed by atoms with E-state index in [0.29, 0.717) is 30.8 Å². The second-order valence-electron chi connectivity index (χ2n) is 7.25. The molecule has 2 aromatic heterocycles. The Labute approximate surface area is 177 Å². The number of amides is 2. The number of carbonyl (C=O) groups is 2. The second kappa shape index (κ2) is 7.28. The van der Waals surface area contributed by atoms with Crippen LogP contribution in [0.3, 0.4) is 0 Å². The minimum absolute atomic E-state index is 0.0211. The Morgan fingerprint density at radius 2 is 1.90 bits per heavy atom. The van der Waals surface area contributed by atoms with Gasteiger partial charge in [-0.05, 0) is 40.9 Å². The van der Waals surface area contributed by atoms with Gasteiger partial charge in [0.2, 0.25) is 5.91 Å². The summed E-state index contributed by atoms with van der Waals surface area (Å²) in [7, 11) is 0. The van der Waals surface area contributed by atoms with Crippen molar-refractivity contribution >= 4 is 40.2 Å². The van der Waals surface area contributed by atoms with Gasteiger partial charge in [0, 0.05) is 46.1 Å². The van der Waals surface area contributed by atoms with E-state index in [-0.39, 0.29) is 17.9 Å². The smallest absolute Gasteiger partial charge is 0.258 e. The number of rotatable bonds is 4. The first-order chi connectivity index (χ1) is 14.1. The van der Waals surface area contributed by atoms with Gasteiger partial charge in [-0.15, -0.1) is 22.7 Å². The molecule has 3 aromatic rings. The van der Waals surface area contributed by atoms with Gasteiger partial charge < -0.3 is 9.80 Å². The Kier molecular flexibility index (Phi) is 4.60. The van der Waals surface area contributed by atoms with Gasteiger partial charge in [0.05, 0.1) is 6.04 Å². The highest BCUT2D eigenvalue weighted by atomic mass is 32.1. The summed E-state index contributed by atoms with van der Waals surface area (Å²) in [6.07, 6.45) is 1.18. The maximum atomic E-state index is 13.2. The molecule has 0 saturated heterocycles. The lowest BCUT2D eigenvalue weighted by Crippen LogP contribution is -2.41. The molecule has 0 fully saturated rings. The predicted octanol–water partition coefficient (Wildman–Crippen LogP) is 4.80. The van der Waals surface area contributed by atoms with Gasteiger partial charge in [0.1, 0.15) is 0 Å². The van der Waals surface area contributed by atoms with Crippen LogP contribution in [0.4, 0.5) is 0 Å². The van der Waals surface area contributed by atoms with Crippen molar-refractivity contribution in [2.75, 3.05) is 13.1 Å². The van der Waals surface area contributed by atoms with Crippen molar-refractivity contribution in [1.29, 1.82) is 0 Å². The third-order valence-corrected chi connectivity index (χ3v) is 7.61. The number of benzene rings is 1. The quantitative estimate of drug-likeness (QED) is 0.608. The second-order valence-corrected chi connectivity index (χ2v) is 9.23. The molecule has 1 atom stereocenters. The zero-order chi connectivity index (χ0) is 20.0. The summed E-state index contributed by atoms with van der Waals surface area (Å²) in [6.45, 7) is 5.15. The van der Waals surface area contributed by atoms with Crippen molar-refractivity contribution in [3.63, 3.8) is 0 Å². The molecule has 1 unspecified atom stereocenters. The Morgan fingerprint density at radius 3 is 2.66 bits per heavy atom. The van der Waals surface area contributed by atoms with Gasteiger partial charge in [-0.1, -0.05) is 30.8 Å². The fourth-order valence-corrected chi connectivity index (χ4v) is 6.02. The average Bonchev–Trinajstić information content (AvgIpc) is 3.48. The van der Waals surface area contributed by atoms with E-state index in [9.17, 15) is 9.59 Å². The molecule has 2 aliphatic heterocycles. The van der Waals surface area contributed by atoms with Crippen LogP contribution in [0.25, 0.3) is 5.70 Å². The molecular weight excluding hydrogens is 400 g/mol. The van der Waals surface area contributed by atoms with Crippen LogP contribution in [-0.4, -0.2) is 34.7 Å². The molecule has 1 aromatic carbocycles. The van der Waals surface area contributed by atoms with Crippen molar-refractivity contribution in [3.05, 3.63) is 86.2 Å². The van der Waals surface area contributed by atoms with Crippen LogP contribution in [0.5, 0.6) is 0 Å². The Morgan fingerprint density at radius 1 is 1.07 bits per heavy atom. The van der Waals surface area contributed by atoms with Crippen molar-refractivity contribution in [2.45, 2.75) is 18.9 Å². The topological polar surface area (TPSA) is 40.6 Å². The first kappa shape index (κ1) is 18.3. The lowest BCUT2D eigenvalue weighted by Gasteiger charge is -2.36. The van der Waals surface area contributed by atoms with E-state index in [1.807, 2.05) is 35.2 Å². The van der Waals surface area contributed by atoms with E-state index in [4.69, 9.17) is 0 Å². The Balaban J connectivity index is 1.35. The van der Waals surface area contributed by atoms with E-state index in [2.05, 4.69) is 29.5 Å². The molecule has 5 rings (SSSR count).